The summed E-state index contributed by atoms with van der Waals surface area (Å²) in [7, 11) is 0. The van der Waals surface area contributed by atoms with E-state index in [9.17, 15) is 14.3 Å². The SMILES string of the molecule is CC(C)(C)OC(=O)N1CCC(O)C(CF)C1. The van der Waals surface area contributed by atoms with Crippen molar-refractivity contribution in [1.29, 1.82) is 0 Å². The maximum Gasteiger partial charge on any atom is 0.410 e. The number of ether oxygens (including phenoxy) is 1. The van der Waals surface area contributed by atoms with Crippen LogP contribution in [0.5, 0.6) is 0 Å². The Morgan fingerprint density at radius 2 is 2.19 bits per heavy atom. The van der Waals surface area contributed by atoms with Crippen LogP contribution in [-0.4, -0.2) is 47.6 Å². The van der Waals surface area contributed by atoms with Crippen molar-refractivity contribution >= 4 is 6.09 Å². The maximum atomic E-state index is 12.6. The summed E-state index contributed by atoms with van der Waals surface area (Å²) >= 11 is 0. The lowest BCUT2D eigenvalue weighted by Crippen LogP contribution is -2.48. The van der Waals surface area contributed by atoms with E-state index in [0.717, 1.165) is 0 Å². The van der Waals surface area contributed by atoms with Crippen LogP contribution in [0.2, 0.25) is 0 Å². The Hall–Kier alpha value is -0.840. The first-order valence-corrected chi connectivity index (χ1v) is 5.55. The van der Waals surface area contributed by atoms with Gasteiger partial charge in [0.1, 0.15) is 5.60 Å². The zero-order chi connectivity index (χ0) is 12.3. The first-order valence-electron chi connectivity index (χ1n) is 5.55. The Morgan fingerprint density at radius 1 is 1.56 bits per heavy atom. The largest absolute Gasteiger partial charge is 0.444 e. The minimum absolute atomic E-state index is 0.229. The molecule has 0 aliphatic carbocycles. The van der Waals surface area contributed by atoms with E-state index < -0.39 is 30.4 Å². The van der Waals surface area contributed by atoms with Gasteiger partial charge in [-0.05, 0) is 27.2 Å². The van der Waals surface area contributed by atoms with Gasteiger partial charge >= 0.3 is 6.09 Å². The zero-order valence-corrected chi connectivity index (χ0v) is 10.1. The molecule has 2 unspecified atom stereocenters. The Bertz CT molecular complexity index is 252. The summed E-state index contributed by atoms with van der Waals surface area (Å²) in [5, 5.41) is 9.48. The number of aliphatic hydroxyl groups is 1. The molecule has 0 aromatic carbocycles. The molecule has 5 heteroatoms. The molecule has 1 saturated heterocycles. The van der Waals surface area contributed by atoms with Crippen LogP contribution in [0.15, 0.2) is 0 Å². The molecule has 1 aliphatic rings. The minimum atomic E-state index is -0.649. The van der Waals surface area contributed by atoms with Crippen LogP contribution in [0, 0.1) is 5.92 Å². The topological polar surface area (TPSA) is 49.8 Å². The first kappa shape index (κ1) is 13.2. The molecule has 0 radical (unpaired) electrons. The summed E-state index contributed by atoms with van der Waals surface area (Å²) in [6.07, 6.45) is -0.671. The van der Waals surface area contributed by atoms with Crippen LogP contribution in [0.4, 0.5) is 9.18 Å². The molecule has 0 bridgehead atoms. The predicted molar refractivity (Wildman–Crippen MR) is 57.9 cm³/mol. The third-order valence-electron chi connectivity index (χ3n) is 2.54. The third-order valence-corrected chi connectivity index (χ3v) is 2.54. The number of hydrogen-bond donors (Lipinski definition) is 1. The monoisotopic (exact) mass is 233 g/mol. The fourth-order valence-corrected chi connectivity index (χ4v) is 1.66. The molecule has 1 fully saturated rings. The molecule has 4 nitrogen and oxygen atoms in total. The van der Waals surface area contributed by atoms with E-state index in [4.69, 9.17) is 4.74 Å². The molecule has 1 aliphatic heterocycles. The van der Waals surface area contributed by atoms with Crippen LogP contribution < -0.4 is 0 Å². The van der Waals surface area contributed by atoms with Gasteiger partial charge < -0.3 is 14.7 Å². The van der Waals surface area contributed by atoms with Crippen molar-refractivity contribution in [2.45, 2.75) is 38.9 Å². The summed E-state index contributed by atoms with van der Waals surface area (Å²) < 4.78 is 17.8. The number of halogens is 1. The molecule has 16 heavy (non-hydrogen) atoms. The second-order valence-electron chi connectivity index (χ2n) is 5.20. The van der Waals surface area contributed by atoms with Gasteiger partial charge in [0, 0.05) is 19.0 Å². The predicted octanol–water partition coefficient (Wildman–Crippen LogP) is 1.57. The van der Waals surface area contributed by atoms with Crippen molar-refractivity contribution in [1.82, 2.24) is 4.90 Å². The van der Waals surface area contributed by atoms with Crippen LogP contribution in [0.25, 0.3) is 0 Å². The quantitative estimate of drug-likeness (QED) is 0.748. The van der Waals surface area contributed by atoms with Gasteiger partial charge in [0.2, 0.25) is 0 Å². The molecule has 94 valence electrons. The standard InChI is InChI=1S/C11H20FNO3/c1-11(2,3)16-10(15)13-5-4-9(14)8(6-12)7-13/h8-9,14H,4-7H2,1-3H3. The van der Waals surface area contributed by atoms with Gasteiger partial charge in [-0.2, -0.15) is 0 Å². The maximum absolute atomic E-state index is 12.6. The molecule has 1 rings (SSSR count). The van der Waals surface area contributed by atoms with E-state index in [1.54, 1.807) is 20.8 Å². The van der Waals surface area contributed by atoms with Crippen molar-refractivity contribution in [2.24, 2.45) is 5.92 Å². The minimum Gasteiger partial charge on any atom is -0.444 e. The van der Waals surface area contributed by atoms with Gasteiger partial charge in [-0.1, -0.05) is 0 Å². The molecule has 0 aromatic rings. The number of aliphatic hydroxyl groups excluding tert-OH is 1. The summed E-state index contributed by atoms with van der Waals surface area (Å²) in [6.45, 7) is 5.41. The molecular weight excluding hydrogens is 213 g/mol. The van der Waals surface area contributed by atoms with E-state index in [1.165, 1.54) is 4.90 Å². The summed E-state index contributed by atoms with van der Waals surface area (Å²) in [5.74, 6) is -0.485. The van der Waals surface area contributed by atoms with Gasteiger partial charge in [0.05, 0.1) is 12.8 Å². The molecule has 1 heterocycles. The molecule has 0 spiro atoms. The van der Waals surface area contributed by atoms with Gasteiger partial charge in [-0.15, -0.1) is 0 Å². The Balaban J connectivity index is 2.52. The van der Waals surface area contributed by atoms with Crippen molar-refractivity contribution in [3.05, 3.63) is 0 Å². The van der Waals surface area contributed by atoms with Crippen LogP contribution in [0.1, 0.15) is 27.2 Å². The number of likely N-dealkylation sites (tertiary alicyclic amines) is 1. The van der Waals surface area contributed by atoms with E-state index in [-0.39, 0.29) is 6.54 Å². The smallest absolute Gasteiger partial charge is 0.410 e. The highest BCUT2D eigenvalue weighted by atomic mass is 19.1. The summed E-state index contributed by atoms with van der Waals surface area (Å²) in [6, 6.07) is 0. The van der Waals surface area contributed by atoms with Gasteiger partial charge in [-0.3, -0.25) is 4.39 Å². The summed E-state index contributed by atoms with van der Waals surface area (Å²) in [5.41, 5.74) is -0.543. The van der Waals surface area contributed by atoms with Crippen molar-refractivity contribution < 1.29 is 19.0 Å². The number of amides is 1. The number of nitrogens with zero attached hydrogens (tertiary/aromatic N) is 1. The highest BCUT2D eigenvalue weighted by Crippen LogP contribution is 2.20. The lowest BCUT2D eigenvalue weighted by molar-refractivity contribution is -0.0128. The highest BCUT2D eigenvalue weighted by Gasteiger charge is 2.32. The number of hydrogen-bond acceptors (Lipinski definition) is 3. The van der Waals surface area contributed by atoms with Crippen LogP contribution in [-0.2, 0) is 4.74 Å². The fraction of sp³-hybridized carbons (Fsp3) is 0.909. The average molecular weight is 233 g/mol. The van der Waals surface area contributed by atoms with E-state index in [2.05, 4.69) is 0 Å². The fourth-order valence-electron chi connectivity index (χ4n) is 1.66. The van der Waals surface area contributed by atoms with E-state index in [0.29, 0.717) is 13.0 Å². The molecule has 0 aromatic heterocycles. The second kappa shape index (κ2) is 4.99. The number of alkyl halides is 1. The lowest BCUT2D eigenvalue weighted by Gasteiger charge is -2.35. The Labute approximate surface area is 95.4 Å². The van der Waals surface area contributed by atoms with Gasteiger partial charge in [-0.25, -0.2) is 4.79 Å². The van der Waals surface area contributed by atoms with Crippen molar-refractivity contribution in [3.63, 3.8) is 0 Å². The van der Waals surface area contributed by atoms with E-state index >= 15 is 0 Å². The third kappa shape index (κ3) is 3.63. The Kier molecular flexibility index (Phi) is 4.13. The first-order chi connectivity index (χ1) is 7.33. The molecule has 0 saturated carbocycles. The van der Waals surface area contributed by atoms with Gasteiger partial charge in [0.15, 0.2) is 0 Å². The lowest BCUT2D eigenvalue weighted by atomic mass is 9.96. The molecular formula is C11H20FNO3. The van der Waals surface area contributed by atoms with Crippen LogP contribution in [0.3, 0.4) is 0 Å². The number of rotatable bonds is 1. The average Bonchev–Trinajstić information content (AvgIpc) is 2.15. The van der Waals surface area contributed by atoms with Crippen molar-refractivity contribution in [2.75, 3.05) is 19.8 Å². The molecule has 1 N–H and O–H groups in total. The van der Waals surface area contributed by atoms with Crippen LogP contribution >= 0.6 is 0 Å². The van der Waals surface area contributed by atoms with E-state index in [1.807, 2.05) is 0 Å². The highest BCUT2D eigenvalue weighted by molar-refractivity contribution is 5.68. The zero-order valence-electron chi connectivity index (χ0n) is 10.1. The van der Waals surface area contributed by atoms with Gasteiger partial charge in [0.25, 0.3) is 0 Å². The second-order valence-corrected chi connectivity index (χ2v) is 5.20. The number of piperidine rings is 1. The molecule has 2 atom stereocenters. The number of carbonyl (C=O) groups is 1. The normalized spacial score (nSPS) is 26.7. The van der Waals surface area contributed by atoms with Crippen molar-refractivity contribution in [3.8, 4) is 0 Å². The Morgan fingerprint density at radius 3 is 2.69 bits per heavy atom. The number of carbonyl (C=O) groups excluding carboxylic acids is 1. The summed E-state index contributed by atoms with van der Waals surface area (Å²) in [4.78, 5) is 13.1. The molecule has 1 amide bonds.